The van der Waals surface area contributed by atoms with Gasteiger partial charge in [0.05, 0.1) is 13.7 Å². The van der Waals surface area contributed by atoms with Crippen LogP contribution in [-0.4, -0.2) is 51.5 Å². The highest BCUT2D eigenvalue weighted by atomic mass is 31.2. The Labute approximate surface area is 119 Å². The fraction of sp³-hybridized carbons (Fsp3) is 0.917. The number of aliphatic hydroxyl groups excluding tert-OH is 1. The van der Waals surface area contributed by atoms with Crippen LogP contribution in [0.1, 0.15) is 19.3 Å². The fourth-order valence-electron chi connectivity index (χ4n) is 2.44. The zero-order chi connectivity index (χ0) is 15.2. The van der Waals surface area contributed by atoms with Gasteiger partial charge in [0.1, 0.15) is 0 Å². The van der Waals surface area contributed by atoms with Crippen molar-refractivity contribution < 1.29 is 33.0 Å². The lowest BCUT2D eigenvalue weighted by molar-refractivity contribution is -0.150. The van der Waals surface area contributed by atoms with Crippen molar-refractivity contribution in [3.8, 4) is 0 Å². The van der Waals surface area contributed by atoms with E-state index in [4.69, 9.17) is 13.8 Å². The molecule has 1 aliphatic rings. The van der Waals surface area contributed by atoms with Gasteiger partial charge in [-0.3, -0.25) is 4.57 Å². The van der Waals surface area contributed by atoms with Gasteiger partial charge in [0.25, 0.3) is 5.85 Å². The molecule has 1 rings (SSSR count). The first-order chi connectivity index (χ1) is 9.52. The molecule has 0 aromatic heterocycles. The van der Waals surface area contributed by atoms with Gasteiger partial charge in [-0.15, -0.1) is 0 Å². The predicted octanol–water partition coefficient (Wildman–Crippen LogP) is 1.40. The Morgan fingerprint density at radius 1 is 1.25 bits per heavy atom. The van der Waals surface area contributed by atoms with Crippen LogP contribution in [0, 0.1) is 11.8 Å². The molecule has 8 heteroatoms. The van der Waals surface area contributed by atoms with Gasteiger partial charge in [0, 0.05) is 20.8 Å². The lowest BCUT2D eigenvalue weighted by atomic mass is 9.98. The summed E-state index contributed by atoms with van der Waals surface area (Å²) in [5.74, 6) is -1.91. The maximum Gasteiger partial charge on any atom is 0.370 e. The third-order valence-electron chi connectivity index (χ3n) is 3.72. The van der Waals surface area contributed by atoms with Crippen LogP contribution in [0.2, 0.25) is 0 Å². The van der Waals surface area contributed by atoms with Gasteiger partial charge in [0.2, 0.25) is 0 Å². The van der Waals surface area contributed by atoms with E-state index in [-0.39, 0.29) is 25.0 Å². The molecule has 0 spiro atoms. The molecule has 1 fully saturated rings. The second-order valence-electron chi connectivity index (χ2n) is 4.75. The van der Waals surface area contributed by atoms with Crippen molar-refractivity contribution in [1.29, 1.82) is 0 Å². The molecule has 0 aliphatic heterocycles. The highest BCUT2D eigenvalue weighted by Crippen LogP contribution is 2.52. The summed E-state index contributed by atoms with van der Waals surface area (Å²) in [6.07, 6.45) is 2.84. The number of methoxy groups -OCH3 is 1. The van der Waals surface area contributed by atoms with Crippen molar-refractivity contribution in [2.75, 3.05) is 34.5 Å². The molecule has 118 valence electrons. The molecular weight excluding hydrogens is 287 g/mol. The SMILES string of the molecule is COC(=O)C(OC[C@@H]1CCC[C@@H]1CO)P(=O)(OC)OC. The van der Waals surface area contributed by atoms with Crippen molar-refractivity contribution in [3.05, 3.63) is 0 Å². The topological polar surface area (TPSA) is 91.3 Å². The number of rotatable bonds is 8. The van der Waals surface area contributed by atoms with Gasteiger partial charge in [-0.25, -0.2) is 4.79 Å². The Bertz CT molecular complexity index is 352. The Morgan fingerprint density at radius 2 is 1.85 bits per heavy atom. The van der Waals surface area contributed by atoms with E-state index in [1.807, 2.05) is 0 Å². The highest BCUT2D eigenvalue weighted by Gasteiger charge is 2.43. The van der Waals surface area contributed by atoms with E-state index in [0.29, 0.717) is 0 Å². The van der Waals surface area contributed by atoms with E-state index in [1.54, 1.807) is 0 Å². The number of ether oxygens (including phenoxy) is 2. The number of esters is 1. The molecule has 1 aliphatic carbocycles. The molecule has 0 heterocycles. The molecule has 1 N–H and O–H groups in total. The molecule has 3 atom stereocenters. The van der Waals surface area contributed by atoms with E-state index < -0.39 is 19.4 Å². The van der Waals surface area contributed by atoms with Crippen molar-refractivity contribution in [2.45, 2.75) is 25.1 Å². The van der Waals surface area contributed by atoms with Crippen molar-refractivity contribution in [2.24, 2.45) is 11.8 Å². The van der Waals surface area contributed by atoms with Crippen LogP contribution in [0.5, 0.6) is 0 Å². The van der Waals surface area contributed by atoms with E-state index >= 15 is 0 Å². The molecule has 20 heavy (non-hydrogen) atoms. The Morgan fingerprint density at radius 3 is 2.35 bits per heavy atom. The Kier molecular flexibility index (Phi) is 7.12. The number of carbonyl (C=O) groups is 1. The summed E-state index contributed by atoms with van der Waals surface area (Å²) in [6.45, 7) is 0.296. The van der Waals surface area contributed by atoms with Crippen LogP contribution < -0.4 is 0 Å². The van der Waals surface area contributed by atoms with Crippen LogP contribution in [-0.2, 0) is 27.9 Å². The fourth-order valence-corrected chi connectivity index (χ4v) is 3.61. The van der Waals surface area contributed by atoms with E-state index in [1.165, 1.54) is 21.3 Å². The summed E-state index contributed by atoms with van der Waals surface area (Å²) < 4.78 is 31.9. The zero-order valence-electron chi connectivity index (χ0n) is 12.1. The number of carbonyl (C=O) groups excluding carboxylic acids is 1. The molecule has 0 amide bonds. The lowest BCUT2D eigenvalue weighted by Crippen LogP contribution is -2.30. The average molecular weight is 310 g/mol. The summed E-state index contributed by atoms with van der Waals surface area (Å²) in [5.41, 5.74) is 0. The van der Waals surface area contributed by atoms with Crippen LogP contribution >= 0.6 is 7.60 Å². The number of hydrogen-bond acceptors (Lipinski definition) is 7. The minimum atomic E-state index is -3.71. The molecule has 0 aromatic rings. The summed E-state index contributed by atoms with van der Waals surface area (Å²) in [5, 5.41) is 9.26. The molecule has 0 saturated heterocycles. The quantitative estimate of drug-likeness (QED) is 0.535. The highest BCUT2D eigenvalue weighted by molar-refractivity contribution is 7.55. The summed E-state index contributed by atoms with van der Waals surface area (Å²) in [6, 6.07) is 0. The van der Waals surface area contributed by atoms with E-state index in [2.05, 4.69) is 4.74 Å². The standard InChI is InChI=1S/C12H23O7P/c1-16-11(14)12(20(15,17-2)18-3)19-8-10-6-4-5-9(10)7-13/h9-10,12-13H,4-8H2,1-3H3/t9-,10+,12?/m1/s1. The first-order valence-corrected chi connectivity index (χ1v) is 8.15. The summed E-state index contributed by atoms with van der Waals surface area (Å²) >= 11 is 0. The second-order valence-corrected chi connectivity index (χ2v) is 7.03. The molecule has 0 bridgehead atoms. The van der Waals surface area contributed by atoms with Gasteiger partial charge in [-0.05, 0) is 24.7 Å². The van der Waals surface area contributed by atoms with Gasteiger partial charge >= 0.3 is 13.6 Å². The van der Waals surface area contributed by atoms with Crippen LogP contribution in [0.4, 0.5) is 0 Å². The zero-order valence-corrected chi connectivity index (χ0v) is 13.0. The van der Waals surface area contributed by atoms with E-state index in [0.717, 1.165) is 19.3 Å². The molecule has 1 saturated carbocycles. The number of hydrogen-bond donors (Lipinski definition) is 1. The first-order valence-electron chi connectivity index (χ1n) is 6.53. The smallest absolute Gasteiger partial charge is 0.370 e. The van der Waals surface area contributed by atoms with Crippen molar-refractivity contribution in [3.63, 3.8) is 0 Å². The first kappa shape index (κ1) is 17.6. The molecular formula is C12H23O7P. The predicted molar refractivity (Wildman–Crippen MR) is 71.3 cm³/mol. The van der Waals surface area contributed by atoms with Crippen molar-refractivity contribution >= 4 is 13.6 Å². The maximum atomic E-state index is 12.3. The summed E-state index contributed by atoms with van der Waals surface area (Å²) in [4.78, 5) is 11.7. The lowest BCUT2D eigenvalue weighted by Gasteiger charge is -2.25. The van der Waals surface area contributed by atoms with Gasteiger partial charge < -0.3 is 23.6 Å². The van der Waals surface area contributed by atoms with Crippen molar-refractivity contribution in [1.82, 2.24) is 0 Å². The maximum absolute atomic E-state index is 12.3. The Balaban J connectivity index is 2.71. The van der Waals surface area contributed by atoms with E-state index in [9.17, 15) is 14.5 Å². The van der Waals surface area contributed by atoms with Crippen LogP contribution in [0.25, 0.3) is 0 Å². The second kappa shape index (κ2) is 8.10. The normalized spacial score (nSPS) is 24.6. The Hall–Kier alpha value is -0.460. The molecule has 0 aromatic carbocycles. The molecule has 7 nitrogen and oxygen atoms in total. The molecule has 1 unspecified atom stereocenters. The van der Waals surface area contributed by atoms with Gasteiger partial charge in [-0.1, -0.05) is 6.42 Å². The largest absolute Gasteiger partial charge is 0.467 e. The number of aliphatic hydroxyl groups is 1. The van der Waals surface area contributed by atoms with Crippen LogP contribution in [0.3, 0.4) is 0 Å². The third kappa shape index (κ3) is 4.02. The third-order valence-corrected chi connectivity index (χ3v) is 5.67. The molecule has 0 radical (unpaired) electrons. The minimum absolute atomic E-state index is 0.0864. The monoisotopic (exact) mass is 310 g/mol. The average Bonchev–Trinajstić information content (AvgIpc) is 2.94. The van der Waals surface area contributed by atoms with Gasteiger partial charge in [-0.2, -0.15) is 0 Å². The van der Waals surface area contributed by atoms with Gasteiger partial charge in [0.15, 0.2) is 0 Å². The van der Waals surface area contributed by atoms with Crippen LogP contribution in [0.15, 0.2) is 0 Å². The minimum Gasteiger partial charge on any atom is -0.467 e. The summed E-state index contributed by atoms with van der Waals surface area (Å²) in [7, 11) is -0.147.